The third kappa shape index (κ3) is 3.15. The molecule has 0 heterocycles. The van der Waals surface area contributed by atoms with Gasteiger partial charge in [-0.05, 0) is 42.5 Å². The number of fused-ring (bicyclic) bond motifs is 1. The number of carbonyl (C=O) groups is 2. The highest BCUT2D eigenvalue weighted by Crippen LogP contribution is 2.27. The number of amides is 1. The van der Waals surface area contributed by atoms with Crippen LogP contribution in [0.15, 0.2) is 18.2 Å². The molecule has 2 rings (SSSR count). The number of carbonyl (C=O) groups excluding carboxylic acids is 1. The fourth-order valence-corrected chi connectivity index (χ4v) is 2.66. The molecule has 1 N–H and O–H groups in total. The fourth-order valence-electron chi connectivity index (χ4n) is 2.50. The lowest BCUT2D eigenvalue weighted by molar-refractivity contribution is -0.137. The molecule has 0 unspecified atom stereocenters. The molecule has 0 spiro atoms. The third-order valence-corrected chi connectivity index (χ3v) is 4.20. The molecular weight excluding hydrogens is 274 g/mol. The monoisotopic (exact) mass is 293 g/mol. The highest BCUT2D eigenvalue weighted by atomic mass is 32.1. The van der Waals surface area contributed by atoms with Crippen molar-refractivity contribution in [2.24, 2.45) is 5.92 Å². The van der Waals surface area contributed by atoms with Crippen molar-refractivity contribution in [1.82, 2.24) is 0 Å². The number of aryl methyl sites for hydroxylation is 2. The Kier molecular flexibility index (Phi) is 4.70. The van der Waals surface area contributed by atoms with Crippen molar-refractivity contribution in [2.75, 3.05) is 17.2 Å². The van der Waals surface area contributed by atoms with Crippen molar-refractivity contribution in [3.63, 3.8) is 0 Å². The number of hydrogen-bond acceptors (Lipinski definition) is 3. The smallest absolute Gasteiger partial charge is 0.323 e. The van der Waals surface area contributed by atoms with Crippen molar-refractivity contribution >= 4 is 30.2 Å². The molecule has 1 aliphatic carbocycles. The van der Waals surface area contributed by atoms with Crippen LogP contribution in [0.3, 0.4) is 0 Å². The molecule has 5 heteroatoms. The average Bonchev–Trinajstić information content (AvgIpc) is 2.90. The molecule has 20 heavy (non-hydrogen) atoms. The fraction of sp³-hybridized carbons (Fsp3) is 0.467. The highest BCUT2D eigenvalue weighted by molar-refractivity contribution is 7.80. The van der Waals surface area contributed by atoms with E-state index in [1.165, 1.54) is 16.0 Å². The Morgan fingerprint density at radius 1 is 1.35 bits per heavy atom. The molecule has 1 amide bonds. The molecule has 0 aromatic heterocycles. The first-order chi connectivity index (χ1) is 9.52. The molecular formula is C15H19NO3S. The number of benzene rings is 1. The van der Waals surface area contributed by atoms with Crippen LogP contribution in [0.2, 0.25) is 0 Å². The van der Waals surface area contributed by atoms with Gasteiger partial charge in [-0.25, -0.2) is 0 Å². The summed E-state index contributed by atoms with van der Waals surface area (Å²) in [4.78, 5) is 24.7. The first-order valence-electron chi connectivity index (χ1n) is 6.78. The molecule has 0 fully saturated rings. The Morgan fingerprint density at radius 2 is 2.05 bits per heavy atom. The summed E-state index contributed by atoms with van der Waals surface area (Å²) in [6.07, 6.45) is 3.19. The van der Waals surface area contributed by atoms with Crippen LogP contribution in [-0.4, -0.2) is 29.3 Å². The van der Waals surface area contributed by atoms with Crippen LogP contribution in [0.5, 0.6) is 0 Å². The predicted octanol–water partition coefficient (Wildman–Crippen LogP) is 2.16. The normalized spacial score (nSPS) is 14.7. The Labute approximate surface area is 124 Å². The van der Waals surface area contributed by atoms with Gasteiger partial charge in [0.2, 0.25) is 5.91 Å². The summed E-state index contributed by atoms with van der Waals surface area (Å²) < 4.78 is 0. The number of aliphatic carboxylic acids is 1. The van der Waals surface area contributed by atoms with Gasteiger partial charge in [0.1, 0.15) is 6.54 Å². The second-order valence-electron chi connectivity index (χ2n) is 5.21. The minimum absolute atomic E-state index is 0.194. The van der Waals surface area contributed by atoms with Gasteiger partial charge in [-0.1, -0.05) is 13.0 Å². The van der Waals surface area contributed by atoms with Gasteiger partial charge in [-0.15, -0.1) is 0 Å². The molecule has 1 aromatic rings. The van der Waals surface area contributed by atoms with Crippen molar-refractivity contribution in [2.45, 2.75) is 26.2 Å². The SMILES string of the molecule is C[C@H](CS)C(=O)N(CC(=O)O)c1ccc2c(c1)CCC2. The number of nitrogens with zero attached hydrogens (tertiary/aromatic N) is 1. The zero-order valence-electron chi connectivity index (χ0n) is 11.5. The van der Waals surface area contributed by atoms with Crippen LogP contribution in [0.4, 0.5) is 5.69 Å². The van der Waals surface area contributed by atoms with Crippen molar-refractivity contribution in [3.8, 4) is 0 Å². The van der Waals surface area contributed by atoms with Gasteiger partial charge in [0.15, 0.2) is 0 Å². The first-order valence-corrected chi connectivity index (χ1v) is 7.42. The number of rotatable bonds is 5. The van der Waals surface area contributed by atoms with E-state index in [4.69, 9.17) is 5.11 Å². The van der Waals surface area contributed by atoms with E-state index < -0.39 is 5.97 Å². The Hall–Kier alpha value is -1.49. The molecule has 0 bridgehead atoms. The molecule has 0 saturated carbocycles. The van der Waals surface area contributed by atoms with E-state index in [1.807, 2.05) is 18.2 Å². The number of carboxylic acid groups (broad SMARTS) is 1. The van der Waals surface area contributed by atoms with E-state index >= 15 is 0 Å². The van der Waals surface area contributed by atoms with E-state index in [2.05, 4.69) is 12.6 Å². The molecule has 0 saturated heterocycles. The van der Waals surface area contributed by atoms with Gasteiger partial charge in [-0.3, -0.25) is 9.59 Å². The minimum atomic E-state index is -1.01. The molecule has 0 radical (unpaired) electrons. The first kappa shape index (κ1) is 14.9. The van der Waals surface area contributed by atoms with E-state index in [9.17, 15) is 9.59 Å². The van der Waals surface area contributed by atoms with Gasteiger partial charge in [-0.2, -0.15) is 12.6 Å². The summed E-state index contributed by atoms with van der Waals surface area (Å²) >= 11 is 4.12. The quantitative estimate of drug-likeness (QED) is 0.818. The van der Waals surface area contributed by atoms with Crippen molar-refractivity contribution < 1.29 is 14.7 Å². The molecule has 108 valence electrons. The van der Waals surface area contributed by atoms with Gasteiger partial charge >= 0.3 is 5.97 Å². The van der Waals surface area contributed by atoms with Gasteiger partial charge < -0.3 is 10.0 Å². The Balaban J connectivity index is 2.30. The lowest BCUT2D eigenvalue weighted by atomic mass is 10.1. The lowest BCUT2D eigenvalue weighted by Gasteiger charge is -2.24. The molecule has 1 aliphatic rings. The maximum absolute atomic E-state index is 12.3. The van der Waals surface area contributed by atoms with Crippen LogP contribution in [-0.2, 0) is 22.4 Å². The number of anilines is 1. The predicted molar refractivity (Wildman–Crippen MR) is 81.5 cm³/mol. The zero-order valence-corrected chi connectivity index (χ0v) is 12.4. The zero-order chi connectivity index (χ0) is 14.7. The Bertz CT molecular complexity index is 530. The van der Waals surface area contributed by atoms with E-state index in [0.29, 0.717) is 11.4 Å². The van der Waals surface area contributed by atoms with Crippen LogP contribution in [0, 0.1) is 5.92 Å². The van der Waals surface area contributed by atoms with E-state index in [0.717, 1.165) is 19.3 Å². The summed E-state index contributed by atoms with van der Waals surface area (Å²) in [5, 5.41) is 9.03. The standard InChI is InChI=1S/C15H19NO3S/c1-10(9-20)15(19)16(8-14(17)18)13-6-5-11-3-2-4-12(11)7-13/h5-7,10,20H,2-4,8-9H2,1H3,(H,17,18)/t10-/m1/s1. The number of carboxylic acids is 1. The maximum atomic E-state index is 12.3. The Morgan fingerprint density at radius 3 is 2.70 bits per heavy atom. The topological polar surface area (TPSA) is 57.6 Å². The second-order valence-corrected chi connectivity index (χ2v) is 5.57. The largest absolute Gasteiger partial charge is 0.480 e. The average molecular weight is 293 g/mol. The van der Waals surface area contributed by atoms with E-state index in [1.54, 1.807) is 6.92 Å². The molecule has 1 aromatic carbocycles. The number of thiol groups is 1. The van der Waals surface area contributed by atoms with Crippen molar-refractivity contribution in [1.29, 1.82) is 0 Å². The van der Waals surface area contributed by atoms with Gasteiger partial charge in [0.25, 0.3) is 0 Å². The van der Waals surface area contributed by atoms with Gasteiger partial charge in [0, 0.05) is 17.4 Å². The second kappa shape index (κ2) is 6.31. The van der Waals surface area contributed by atoms with Crippen LogP contribution < -0.4 is 4.90 Å². The van der Waals surface area contributed by atoms with Crippen LogP contribution >= 0.6 is 12.6 Å². The van der Waals surface area contributed by atoms with Crippen LogP contribution in [0.1, 0.15) is 24.5 Å². The molecule has 0 aliphatic heterocycles. The van der Waals surface area contributed by atoms with Gasteiger partial charge in [0.05, 0.1) is 0 Å². The molecule has 4 nitrogen and oxygen atoms in total. The minimum Gasteiger partial charge on any atom is -0.480 e. The summed E-state index contributed by atoms with van der Waals surface area (Å²) in [6, 6.07) is 5.80. The third-order valence-electron chi connectivity index (χ3n) is 3.65. The summed E-state index contributed by atoms with van der Waals surface area (Å²) in [6.45, 7) is 1.45. The summed E-state index contributed by atoms with van der Waals surface area (Å²) in [5.41, 5.74) is 3.20. The highest BCUT2D eigenvalue weighted by Gasteiger charge is 2.24. The van der Waals surface area contributed by atoms with Crippen molar-refractivity contribution in [3.05, 3.63) is 29.3 Å². The molecule has 1 atom stereocenters. The van der Waals surface area contributed by atoms with E-state index in [-0.39, 0.29) is 18.4 Å². The number of hydrogen-bond donors (Lipinski definition) is 2. The lowest BCUT2D eigenvalue weighted by Crippen LogP contribution is -2.39. The summed E-state index contributed by atoms with van der Waals surface area (Å²) in [5.74, 6) is -1.10. The maximum Gasteiger partial charge on any atom is 0.323 e. The summed E-state index contributed by atoms with van der Waals surface area (Å²) in [7, 11) is 0. The van der Waals surface area contributed by atoms with Crippen LogP contribution in [0.25, 0.3) is 0 Å².